The SMILES string of the molecule is O=C(NC1(c2ccccc2)CCC1)C1CCN(C(=O)c2ccc(F)cc2F)CC1. The number of benzene rings is 2. The van der Waals surface area contributed by atoms with E-state index in [-0.39, 0.29) is 22.9 Å². The van der Waals surface area contributed by atoms with Crippen molar-refractivity contribution in [1.29, 1.82) is 0 Å². The average Bonchev–Trinajstić information content (AvgIpc) is 2.71. The van der Waals surface area contributed by atoms with Gasteiger partial charge in [0.25, 0.3) is 5.91 Å². The predicted octanol–water partition coefficient (Wildman–Crippen LogP) is 4.01. The number of rotatable bonds is 4. The van der Waals surface area contributed by atoms with Gasteiger partial charge in [0, 0.05) is 25.1 Å². The first-order chi connectivity index (χ1) is 14.0. The minimum Gasteiger partial charge on any atom is -0.346 e. The van der Waals surface area contributed by atoms with E-state index in [1.54, 1.807) is 0 Å². The lowest BCUT2D eigenvalue weighted by Gasteiger charge is -2.44. The van der Waals surface area contributed by atoms with Gasteiger partial charge in [-0.25, -0.2) is 8.78 Å². The highest BCUT2D eigenvalue weighted by molar-refractivity contribution is 5.94. The van der Waals surface area contributed by atoms with Crippen molar-refractivity contribution in [2.75, 3.05) is 13.1 Å². The van der Waals surface area contributed by atoms with Crippen LogP contribution in [0.5, 0.6) is 0 Å². The first kappa shape index (κ1) is 19.6. The minimum atomic E-state index is -0.857. The smallest absolute Gasteiger partial charge is 0.256 e. The highest BCUT2D eigenvalue weighted by Gasteiger charge is 2.41. The molecule has 0 atom stereocenters. The molecule has 29 heavy (non-hydrogen) atoms. The van der Waals surface area contributed by atoms with E-state index < -0.39 is 17.5 Å². The number of piperidine rings is 1. The van der Waals surface area contributed by atoms with Crippen molar-refractivity contribution in [2.45, 2.75) is 37.6 Å². The molecule has 4 rings (SSSR count). The van der Waals surface area contributed by atoms with E-state index >= 15 is 0 Å². The second-order valence-corrected chi connectivity index (χ2v) is 7.98. The molecule has 0 spiro atoms. The molecule has 2 fully saturated rings. The summed E-state index contributed by atoms with van der Waals surface area (Å²) >= 11 is 0. The maximum Gasteiger partial charge on any atom is 0.256 e. The predicted molar refractivity (Wildman–Crippen MR) is 105 cm³/mol. The zero-order chi connectivity index (χ0) is 20.4. The van der Waals surface area contributed by atoms with Crippen molar-refractivity contribution in [1.82, 2.24) is 10.2 Å². The summed E-state index contributed by atoms with van der Waals surface area (Å²) in [4.78, 5) is 27.0. The summed E-state index contributed by atoms with van der Waals surface area (Å²) in [6.45, 7) is 0.762. The van der Waals surface area contributed by atoms with Gasteiger partial charge in [0.15, 0.2) is 0 Å². The van der Waals surface area contributed by atoms with Crippen molar-refractivity contribution in [3.63, 3.8) is 0 Å². The molecule has 0 aromatic heterocycles. The molecule has 4 nitrogen and oxygen atoms in total. The first-order valence-corrected chi connectivity index (χ1v) is 10.1. The van der Waals surface area contributed by atoms with Gasteiger partial charge in [-0.3, -0.25) is 9.59 Å². The van der Waals surface area contributed by atoms with Crippen molar-refractivity contribution in [3.8, 4) is 0 Å². The van der Waals surface area contributed by atoms with Crippen LogP contribution in [-0.4, -0.2) is 29.8 Å². The van der Waals surface area contributed by atoms with Crippen LogP contribution in [0.25, 0.3) is 0 Å². The lowest BCUT2D eigenvalue weighted by molar-refractivity contribution is -0.129. The quantitative estimate of drug-likeness (QED) is 0.846. The van der Waals surface area contributed by atoms with Gasteiger partial charge in [-0.15, -0.1) is 0 Å². The highest BCUT2D eigenvalue weighted by Crippen LogP contribution is 2.41. The molecule has 0 unspecified atom stereocenters. The Morgan fingerprint density at radius 1 is 1.00 bits per heavy atom. The van der Waals surface area contributed by atoms with E-state index in [0.717, 1.165) is 37.0 Å². The number of nitrogens with zero attached hydrogens (tertiary/aromatic N) is 1. The maximum absolute atomic E-state index is 13.9. The Bertz CT molecular complexity index is 904. The second kappa shape index (κ2) is 7.93. The molecule has 1 aliphatic heterocycles. The number of hydrogen-bond donors (Lipinski definition) is 1. The highest BCUT2D eigenvalue weighted by atomic mass is 19.1. The number of halogens is 2. The van der Waals surface area contributed by atoms with Crippen LogP contribution >= 0.6 is 0 Å². The first-order valence-electron chi connectivity index (χ1n) is 10.1. The fourth-order valence-corrected chi connectivity index (χ4v) is 4.29. The van der Waals surface area contributed by atoms with Gasteiger partial charge in [0.2, 0.25) is 5.91 Å². The summed E-state index contributed by atoms with van der Waals surface area (Å²) in [5, 5.41) is 3.26. The molecule has 1 N–H and O–H groups in total. The van der Waals surface area contributed by atoms with Crippen LogP contribution in [0.1, 0.15) is 48.0 Å². The molecule has 152 valence electrons. The van der Waals surface area contributed by atoms with Crippen LogP contribution in [0.3, 0.4) is 0 Å². The van der Waals surface area contributed by atoms with E-state index in [2.05, 4.69) is 17.4 Å². The molecular formula is C23H24F2N2O2. The Balaban J connectivity index is 1.37. The van der Waals surface area contributed by atoms with Crippen LogP contribution in [0, 0.1) is 17.6 Å². The molecular weight excluding hydrogens is 374 g/mol. The number of likely N-dealkylation sites (tertiary alicyclic amines) is 1. The minimum absolute atomic E-state index is 0.0219. The third-order valence-corrected chi connectivity index (χ3v) is 6.21. The molecule has 1 heterocycles. The molecule has 2 aliphatic rings. The van der Waals surface area contributed by atoms with Gasteiger partial charge in [-0.2, -0.15) is 0 Å². The number of amides is 2. The molecule has 1 aliphatic carbocycles. The number of nitrogens with one attached hydrogen (secondary N) is 1. The Labute approximate surface area is 168 Å². The van der Waals surface area contributed by atoms with Crippen molar-refractivity contribution >= 4 is 11.8 Å². The Hall–Kier alpha value is -2.76. The Kier molecular flexibility index (Phi) is 5.35. The van der Waals surface area contributed by atoms with Gasteiger partial charge in [-0.05, 0) is 49.8 Å². The second-order valence-electron chi connectivity index (χ2n) is 7.98. The fraction of sp³-hybridized carbons (Fsp3) is 0.391. The summed E-state index contributed by atoms with van der Waals surface area (Å²) in [5.74, 6) is -2.17. The number of hydrogen-bond acceptors (Lipinski definition) is 2. The molecule has 0 bridgehead atoms. The lowest BCUT2D eigenvalue weighted by atomic mass is 9.71. The molecule has 2 amide bonds. The van der Waals surface area contributed by atoms with Crippen molar-refractivity contribution in [3.05, 3.63) is 71.3 Å². The van der Waals surface area contributed by atoms with E-state index in [1.165, 1.54) is 11.0 Å². The topological polar surface area (TPSA) is 49.4 Å². The largest absolute Gasteiger partial charge is 0.346 e. The van der Waals surface area contributed by atoms with Gasteiger partial charge < -0.3 is 10.2 Å². The molecule has 1 saturated heterocycles. The molecule has 2 aromatic rings. The summed E-state index contributed by atoms with van der Waals surface area (Å²) < 4.78 is 27.0. The Morgan fingerprint density at radius 2 is 1.69 bits per heavy atom. The summed E-state index contributed by atoms with van der Waals surface area (Å²) in [7, 11) is 0. The van der Waals surface area contributed by atoms with Crippen LogP contribution in [0.2, 0.25) is 0 Å². The summed E-state index contributed by atoms with van der Waals surface area (Å²) in [6.07, 6.45) is 4.02. The Morgan fingerprint density at radius 3 is 2.28 bits per heavy atom. The van der Waals surface area contributed by atoms with Gasteiger partial charge in [0.05, 0.1) is 11.1 Å². The normalized spacial score (nSPS) is 18.8. The van der Waals surface area contributed by atoms with E-state index in [9.17, 15) is 18.4 Å². The third kappa shape index (κ3) is 3.88. The average molecular weight is 398 g/mol. The van der Waals surface area contributed by atoms with E-state index in [0.29, 0.717) is 25.9 Å². The van der Waals surface area contributed by atoms with Crippen molar-refractivity contribution in [2.24, 2.45) is 5.92 Å². The zero-order valence-corrected chi connectivity index (χ0v) is 16.2. The molecule has 0 radical (unpaired) electrons. The number of carbonyl (C=O) groups excluding carboxylic acids is 2. The zero-order valence-electron chi connectivity index (χ0n) is 16.2. The molecule has 1 saturated carbocycles. The van der Waals surface area contributed by atoms with Crippen LogP contribution in [0.4, 0.5) is 8.78 Å². The van der Waals surface area contributed by atoms with Gasteiger partial charge in [-0.1, -0.05) is 30.3 Å². The van der Waals surface area contributed by atoms with Crippen molar-refractivity contribution < 1.29 is 18.4 Å². The standard InChI is InChI=1S/C23H24F2N2O2/c24-18-7-8-19(20(25)15-18)22(29)27-13-9-16(10-14-27)21(28)26-23(11-4-12-23)17-5-2-1-3-6-17/h1-3,5-8,15-16H,4,9-14H2,(H,26,28). The molecule has 6 heteroatoms. The van der Waals surface area contributed by atoms with E-state index in [4.69, 9.17) is 0 Å². The number of carbonyl (C=O) groups is 2. The van der Waals surface area contributed by atoms with E-state index in [1.807, 2.05) is 18.2 Å². The lowest BCUT2D eigenvalue weighted by Crippen LogP contribution is -2.53. The molecule has 2 aromatic carbocycles. The van der Waals surface area contributed by atoms with Crippen LogP contribution in [-0.2, 0) is 10.3 Å². The van der Waals surface area contributed by atoms with Gasteiger partial charge in [0.1, 0.15) is 11.6 Å². The maximum atomic E-state index is 13.9. The summed E-state index contributed by atoms with van der Waals surface area (Å²) in [6, 6.07) is 13.0. The fourth-order valence-electron chi connectivity index (χ4n) is 4.29. The summed E-state index contributed by atoms with van der Waals surface area (Å²) in [5.41, 5.74) is 0.730. The van der Waals surface area contributed by atoms with Crippen LogP contribution < -0.4 is 5.32 Å². The van der Waals surface area contributed by atoms with Gasteiger partial charge >= 0.3 is 0 Å². The monoisotopic (exact) mass is 398 g/mol. The van der Waals surface area contributed by atoms with Crippen LogP contribution in [0.15, 0.2) is 48.5 Å². The third-order valence-electron chi connectivity index (χ3n) is 6.21.